The van der Waals surface area contributed by atoms with Crippen LogP contribution in [0.3, 0.4) is 0 Å². The lowest BCUT2D eigenvalue weighted by Gasteiger charge is -2.36. The molecule has 1 aliphatic heterocycles. The van der Waals surface area contributed by atoms with Gasteiger partial charge in [-0.15, -0.1) is 0 Å². The Kier molecular flexibility index (Phi) is 5.45. The second-order valence-electron chi connectivity index (χ2n) is 5.69. The molecular weight excluding hydrogens is 268 g/mol. The highest BCUT2D eigenvalue weighted by Crippen LogP contribution is 2.29. The molecule has 2 rings (SSSR count). The normalized spacial score (nSPS) is 24.6. The Balaban J connectivity index is 2.07. The van der Waals surface area contributed by atoms with E-state index in [9.17, 15) is 0 Å². The van der Waals surface area contributed by atoms with Crippen LogP contribution in [-0.4, -0.2) is 51.0 Å². The van der Waals surface area contributed by atoms with Crippen molar-refractivity contribution in [2.75, 3.05) is 33.9 Å². The number of methoxy groups -OCH3 is 2. The van der Waals surface area contributed by atoms with E-state index in [-0.39, 0.29) is 18.2 Å². The highest BCUT2D eigenvalue weighted by Gasteiger charge is 2.24. The van der Waals surface area contributed by atoms with E-state index < -0.39 is 0 Å². The summed E-state index contributed by atoms with van der Waals surface area (Å²) in [5.74, 6) is 1.55. The van der Waals surface area contributed by atoms with Gasteiger partial charge in [-0.1, -0.05) is 6.07 Å². The summed E-state index contributed by atoms with van der Waals surface area (Å²) in [6, 6.07) is 5.68. The zero-order valence-electron chi connectivity index (χ0n) is 13.3. The molecule has 1 saturated heterocycles. The third kappa shape index (κ3) is 4.09. The molecule has 0 radical (unpaired) electrons. The quantitative estimate of drug-likeness (QED) is 0.897. The lowest BCUT2D eigenvalue weighted by Crippen LogP contribution is -2.47. The van der Waals surface area contributed by atoms with Gasteiger partial charge in [0.25, 0.3) is 0 Å². The molecule has 118 valence electrons. The zero-order valence-corrected chi connectivity index (χ0v) is 13.3. The SMILES string of the molecule is COc1ccc(C(N)CN2C[C@@H](C)O[C@@H](C)C2)c(OC)c1. The van der Waals surface area contributed by atoms with Gasteiger partial charge in [0.15, 0.2) is 0 Å². The van der Waals surface area contributed by atoms with E-state index in [0.29, 0.717) is 0 Å². The van der Waals surface area contributed by atoms with Crippen LogP contribution in [0.15, 0.2) is 18.2 Å². The summed E-state index contributed by atoms with van der Waals surface area (Å²) >= 11 is 0. The predicted octanol–water partition coefficient (Wildman–Crippen LogP) is 1.81. The van der Waals surface area contributed by atoms with Crippen molar-refractivity contribution in [3.8, 4) is 11.5 Å². The molecule has 0 saturated carbocycles. The first-order valence-electron chi connectivity index (χ1n) is 7.38. The summed E-state index contributed by atoms with van der Waals surface area (Å²) in [6.07, 6.45) is 0.498. The molecule has 0 bridgehead atoms. The molecule has 1 fully saturated rings. The highest BCUT2D eigenvalue weighted by atomic mass is 16.5. The van der Waals surface area contributed by atoms with Crippen LogP contribution in [0.5, 0.6) is 11.5 Å². The van der Waals surface area contributed by atoms with E-state index >= 15 is 0 Å². The summed E-state index contributed by atoms with van der Waals surface area (Å²) < 4.78 is 16.4. The molecule has 3 atom stereocenters. The second kappa shape index (κ2) is 7.11. The number of nitrogens with zero attached hydrogens (tertiary/aromatic N) is 1. The summed E-state index contributed by atoms with van der Waals surface area (Å²) in [7, 11) is 3.30. The van der Waals surface area contributed by atoms with Gasteiger partial charge < -0.3 is 19.9 Å². The van der Waals surface area contributed by atoms with Crippen LogP contribution in [0.4, 0.5) is 0 Å². The Morgan fingerprint density at radius 2 is 1.90 bits per heavy atom. The van der Waals surface area contributed by atoms with Gasteiger partial charge in [0.05, 0.1) is 26.4 Å². The molecule has 0 spiro atoms. The van der Waals surface area contributed by atoms with Crippen LogP contribution < -0.4 is 15.2 Å². The van der Waals surface area contributed by atoms with Crippen molar-refractivity contribution in [1.29, 1.82) is 0 Å². The fourth-order valence-corrected chi connectivity index (χ4v) is 2.93. The van der Waals surface area contributed by atoms with Gasteiger partial charge in [0.1, 0.15) is 11.5 Å². The summed E-state index contributed by atoms with van der Waals surface area (Å²) in [6.45, 7) is 6.82. The Bertz CT molecular complexity index is 457. The zero-order chi connectivity index (χ0) is 15.4. The number of ether oxygens (including phenoxy) is 3. The van der Waals surface area contributed by atoms with Crippen molar-refractivity contribution in [3.63, 3.8) is 0 Å². The Labute approximate surface area is 127 Å². The van der Waals surface area contributed by atoms with Crippen LogP contribution in [-0.2, 0) is 4.74 Å². The van der Waals surface area contributed by atoms with Crippen molar-refractivity contribution in [2.45, 2.75) is 32.1 Å². The van der Waals surface area contributed by atoms with E-state index in [4.69, 9.17) is 19.9 Å². The molecule has 1 aliphatic rings. The highest BCUT2D eigenvalue weighted by molar-refractivity contribution is 5.42. The van der Waals surface area contributed by atoms with E-state index in [1.54, 1.807) is 14.2 Å². The summed E-state index contributed by atoms with van der Waals surface area (Å²) in [4.78, 5) is 2.35. The number of benzene rings is 1. The lowest BCUT2D eigenvalue weighted by atomic mass is 10.0. The maximum Gasteiger partial charge on any atom is 0.127 e. The van der Waals surface area contributed by atoms with E-state index in [1.165, 1.54) is 0 Å². The van der Waals surface area contributed by atoms with Crippen molar-refractivity contribution >= 4 is 0 Å². The van der Waals surface area contributed by atoms with Gasteiger partial charge in [-0.25, -0.2) is 0 Å². The molecule has 5 nitrogen and oxygen atoms in total. The maximum absolute atomic E-state index is 6.38. The average Bonchev–Trinajstić information content (AvgIpc) is 2.45. The maximum atomic E-state index is 6.38. The largest absolute Gasteiger partial charge is 0.497 e. The molecule has 2 N–H and O–H groups in total. The van der Waals surface area contributed by atoms with Gasteiger partial charge in [-0.2, -0.15) is 0 Å². The van der Waals surface area contributed by atoms with Crippen LogP contribution in [0.2, 0.25) is 0 Å². The first-order valence-corrected chi connectivity index (χ1v) is 7.38. The minimum atomic E-state index is -0.0941. The van der Waals surface area contributed by atoms with Gasteiger partial charge in [-0.3, -0.25) is 4.90 Å². The summed E-state index contributed by atoms with van der Waals surface area (Å²) in [5, 5.41) is 0. The standard InChI is InChI=1S/C16H26N2O3/c1-11-8-18(9-12(2)21-11)10-15(17)14-6-5-13(19-3)7-16(14)20-4/h5-7,11-12,15H,8-10,17H2,1-4H3/t11-,12+,15?. The molecule has 0 aliphatic carbocycles. The average molecular weight is 294 g/mol. The predicted molar refractivity (Wildman–Crippen MR) is 82.9 cm³/mol. The van der Waals surface area contributed by atoms with E-state index in [2.05, 4.69) is 18.7 Å². The fourth-order valence-electron chi connectivity index (χ4n) is 2.93. The Morgan fingerprint density at radius 3 is 2.48 bits per heavy atom. The van der Waals surface area contributed by atoms with Crippen molar-refractivity contribution < 1.29 is 14.2 Å². The van der Waals surface area contributed by atoms with E-state index in [0.717, 1.165) is 36.7 Å². The second-order valence-corrected chi connectivity index (χ2v) is 5.69. The topological polar surface area (TPSA) is 57.0 Å². The fraction of sp³-hybridized carbons (Fsp3) is 0.625. The number of hydrogen-bond acceptors (Lipinski definition) is 5. The molecule has 5 heteroatoms. The molecule has 1 aromatic carbocycles. The molecule has 0 aromatic heterocycles. The molecule has 0 amide bonds. The van der Waals surface area contributed by atoms with Crippen LogP contribution >= 0.6 is 0 Å². The molecular formula is C16H26N2O3. The van der Waals surface area contributed by atoms with Gasteiger partial charge in [0, 0.05) is 37.3 Å². The lowest BCUT2D eigenvalue weighted by molar-refractivity contribution is -0.0692. The third-order valence-electron chi connectivity index (χ3n) is 3.79. The van der Waals surface area contributed by atoms with Crippen LogP contribution in [0, 0.1) is 0 Å². The van der Waals surface area contributed by atoms with Crippen LogP contribution in [0.25, 0.3) is 0 Å². The first-order chi connectivity index (χ1) is 10.0. The Morgan fingerprint density at radius 1 is 1.24 bits per heavy atom. The van der Waals surface area contributed by atoms with Crippen molar-refractivity contribution in [3.05, 3.63) is 23.8 Å². The smallest absolute Gasteiger partial charge is 0.127 e. The number of morpholine rings is 1. The van der Waals surface area contributed by atoms with E-state index in [1.807, 2.05) is 18.2 Å². The van der Waals surface area contributed by atoms with Crippen molar-refractivity contribution in [1.82, 2.24) is 4.90 Å². The van der Waals surface area contributed by atoms with Gasteiger partial charge in [-0.05, 0) is 19.9 Å². The van der Waals surface area contributed by atoms with Crippen molar-refractivity contribution in [2.24, 2.45) is 5.73 Å². The summed E-state index contributed by atoms with van der Waals surface area (Å²) in [5.41, 5.74) is 7.39. The number of hydrogen-bond donors (Lipinski definition) is 1. The van der Waals surface area contributed by atoms with Gasteiger partial charge >= 0.3 is 0 Å². The Hall–Kier alpha value is -1.30. The third-order valence-corrected chi connectivity index (χ3v) is 3.79. The molecule has 21 heavy (non-hydrogen) atoms. The minimum absolute atomic E-state index is 0.0941. The molecule has 1 aromatic rings. The number of rotatable bonds is 5. The van der Waals surface area contributed by atoms with Crippen LogP contribution in [0.1, 0.15) is 25.5 Å². The van der Waals surface area contributed by atoms with Gasteiger partial charge in [0.2, 0.25) is 0 Å². The number of nitrogens with two attached hydrogens (primary N) is 1. The molecule has 1 unspecified atom stereocenters. The molecule has 1 heterocycles. The minimum Gasteiger partial charge on any atom is -0.497 e. The first kappa shape index (κ1) is 16.1. The monoisotopic (exact) mass is 294 g/mol.